The van der Waals surface area contributed by atoms with Crippen molar-refractivity contribution in [3.63, 3.8) is 0 Å². The molecule has 140 valence electrons. The van der Waals surface area contributed by atoms with Gasteiger partial charge in [-0.2, -0.15) is 0 Å². The number of thiophene rings is 1. The normalized spacial score (nSPS) is 12.8. The molecule has 2 N–H and O–H groups in total. The lowest BCUT2D eigenvalue weighted by Gasteiger charge is -2.07. The molecule has 0 bridgehead atoms. The van der Waals surface area contributed by atoms with Crippen molar-refractivity contribution in [2.75, 3.05) is 18.2 Å². The van der Waals surface area contributed by atoms with Gasteiger partial charge in [-0.15, -0.1) is 16.4 Å². The number of nitrogens with zero attached hydrogens (tertiary/aromatic N) is 2. The number of aromatic amines is 1. The number of hydrogen-bond acceptors (Lipinski definition) is 7. The van der Waals surface area contributed by atoms with Gasteiger partial charge in [0.25, 0.3) is 0 Å². The zero-order valence-corrected chi connectivity index (χ0v) is 16.2. The van der Waals surface area contributed by atoms with Gasteiger partial charge in [-0.3, -0.25) is 9.36 Å². The summed E-state index contributed by atoms with van der Waals surface area (Å²) in [5, 5.41) is 10.2. The molecule has 0 spiro atoms. The number of anilines is 1. The molecule has 10 heteroatoms. The number of rotatable bonds is 7. The molecule has 1 aliphatic carbocycles. The highest BCUT2D eigenvalue weighted by Crippen LogP contribution is 2.39. The SMILES string of the molecule is CCCn1c(SCC(=O)Nc2sc3c(c2C(=O)OC)CCC3)n[nH]c1=O. The number of amides is 1. The molecule has 0 unspecified atom stereocenters. The van der Waals surface area contributed by atoms with Crippen LogP contribution in [0.2, 0.25) is 0 Å². The van der Waals surface area contributed by atoms with E-state index in [-0.39, 0.29) is 17.3 Å². The summed E-state index contributed by atoms with van der Waals surface area (Å²) in [4.78, 5) is 37.3. The van der Waals surface area contributed by atoms with E-state index in [9.17, 15) is 14.4 Å². The van der Waals surface area contributed by atoms with E-state index < -0.39 is 5.97 Å². The van der Waals surface area contributed by atoms with Crippen molar-refractivity contribution in [2.45, 2.75) is 44.3 Å². The second-order valence-electron chi connectivity index (χ2n) is 5.85. The molecular weight excluding hydrogens is 376 g/mol. The largest absolute Gasteiger partial charge is 0.465 e. The van der Waals surface area contributed by atoms with Crippen LogP contribution < -0.4 is 11.0 Å². The van der Waals surface area contributed by atoms with Gasteiger partial charge in [0.15, 0.2) is 5.16 Å². The monoisotopic (exact) mass is 396 g/mol. The molecule has 0 saturated heterocycles. The number of fused-ring (bicyclic) bond motifs is 1. The number of aromatic nitrogens is 3. The molecule has 8 nitrogen and oxygen atoms in total. The molecule has 1 amide bonds. The van der Waals surface area contributed by atoms with Crippen LogP contribution in [0.5, 0.6) is 0 Å². The fourth-order valence-electron chi connectivity index (χ4n) is 2.94. The highest BCUT2D eigenvalue weighted by Gasteiger charge is 2.28. The number of aryl methyl sites for hydroxylation is 1. The van der Waals surface area contributed by atoms with Gasteiger partial charge in [-0.25, -0.2) is 14.7 Å². The first-order valence-corrected chi connectivity index (χ1v) is 10.2. The molecule has 2 aromatic heterocycles. The molecule has 3 rings (SSSR count). The van der Waals surface area contributed by atoms with Gasteiger partial charge >= 0.3 is 11.7 Å². The van der Waals surface area contributed by atoms with E-state index in [1.807, 2.05) is 6.92 Å². The third-order valence-electron chi connectivity index (χ3n) is 4.07. The fourth-order valence-corrected chi connectivity index (χ4v) is 5.00. The Balaban J connectivity index is 1.70. The number of H-pyrrole nitrogens is 1. The minimum atomic E-state index is -0.420. The lowest BCUT2D eigenvalue weighted by molar-refractivity contribution is -0.113. The Morgan fingerprint density at radius 3 is 2.96 bits per heavy atom. The second kappa shape index (κ2) is 8.09. The van der Waals surface area contributed by atoms with Crippen molar-refractivity contribution in [3.05, 3.63) is 26.5 Å². The quantitative estimate of drug-likeness (QED) is 0.548. The average Bonchev–Trinajstić information content (AvgIpc) is 3.29. The zero-order valence-electron chi connectivity index (χ0n) is 14.6. The first-order chi connectivity index (χ1) is 12.5. The van der Waals surface area contributed by atoms with Gasteiger partial charge in [0, 0.05) is 11.4 Å². The summed E-state index contributed by atoms with van der Waals surface area (Å²) in [6.45, 7) is 2.51. The highest BCUT2D eigenvalue weighted by molar-refractivity contribution is 7.99. The van der Waals surface area contributed by atoms with Gasteiger partial charge < -0.3 is 10.1 Å². The van der Waals surface area contributed by atoms with E-state index in [1.54, 1.807) is 0 Å². The standard InChI is InChI=1S/C16H20N4O4S2/c1-3-7-20-15(23)18-19-16(20)25-8-11(21)17-13-12(14(22)24-2)9-5-4-6-10(9)26-13/h3-8H2,1-2H3,(H,17,21)(H,18,23). The molecule has 2 heterocycles. The summed E-state index contributed by atoms with van der Waals surface area (Å²) in [7, 11) is 1.34. The van der Waals surface area contributed by atoms with Crippen LogP contribution in [-0.4, -0.2) is 39.5 Å². The molecule has 0 aromatic carbocycles. The number of esters is 1. The zero-order chi connectivity index (χ0) is 18.7. The Bertz CT molecular complexity index is 883. The molecule has 0 aliphatic heterocycles. The van der Waals surface area contributed by atoms with Crippen molar-refractivity contribution < 1.29 is 14.3 Å². The van der Waals surface area contributed by atoms with Gasteiger partial charge in [0.05, 0.1) is 18.4 Å². The maximum atomic E-state index is 12.3. The van der Waals surface area contributed by atoms with Gasteiger partial charge in [-0.1, -0.05) is 18.7 Å². The maximum absolute atomic E-state index is 12.3. The van der Waals surface area contributed by atoms with Crippen LogP contribution >= 0.6 is 23.1 Å². The number of thioether (sulfide) groups is 1. The van der Waals surface area contributed by atoms with Crippen LogP contribution in [0, 0.1) is 0 Å². The summed E-state index contributed by atoms with van der Waals surface area (Å²) < 4.78 is 6.39. The predicted molar refractivity (Wildman–Crippen MR) is 100 cm³/mol. The molecule has 0 radical (unpaired) electrons. The van der Waals surface area contributed by atoms with E-state index in [2.05, 4.69) is 15.5 Å². The average molecular weight is 396 g/mol. The summed E-state index contributed by atoms with van der Waals surface area (Å²) >= 11 is 2.62. The van der Waals surface area contributed by atoms with Crippen LogP contribution in [0.1, 0.15) is 40.6 Å². The van der Waals surface area contributed by atoms with Crippen LogP contribution in [0.25, 0.3) is 0 Å². The smallest absolute Gasteiger partial charge is 0.343 e. The molecular formula is C16H20N4O4S2. The summed E-state index contributed by atoms with van der Waals surface area (Å²) in [6, 6.07) is 0. The minimum Gasteiger partial charge on any atom is -0.465 e. The Labute approximate surface area is 158 Å². The topological polar surface area (TPSA) is 106 Å². The third-order valence-corrected chi connectivity index (χ3v) is 6.25. The molecule has 0 saturated carbocycles. The lowest BCUT2D eigenvalue weighted by atomic mass is 10.1. The summed E-state index contributed by atoms with van der Waals surface area (Å²) in [6.07, 6.45) is 3.56. The van der Waals surface area contributed by atoms with E-state index in [1.165, 1.54) is 34.8 Å². The van der Waals surface area contributed by atoms with E-state index in [0.717, 1.165) is 36.1 Å². The molecule has 0 atom stereocenters. The number of hydrogen-bond donors (Lipinski definition) is 2. The summed E-state index contributed by atoms with van der Waals surface area (Å²) in [5.41, 5.74) is 1.19. The second-order valence-corrected chi connectivity index (χ2v) is 7.90. The van der Waals surface area contributed by atoms with Crippen molar-refractivity contribution in [1.82, 2.24) is 14.8 Å². The number of nitrogens with one attached hydrogen (secondary N) is 2. The maximum Gasteiger partial charge on any atom is 0.343 e. The minimum absolute atomic E-state index is 0.0944. The van der Waals surface area contributed by atoms with Crippen LogP contribution in [0.4, 0.5) is 5.00 Å². The lowest BCUT2D eigenvalue weighted by Crippen LogP contribution is -2.19. The first kappa shape index (κ1) is 18.7. The third kappa shape index (κ3) is 3.70. The summed E-state index contributed by atoms with van der Waals surface area (Å²) in [5.74, 6) is -0.577. The number of carbonyl (C=O) groups excluding carboxylic acids is 2. The molecule has 26 heavy (non-hydrogen) atoms. The molecule has 2 aromatic rings. The van der Waals surface area contributed by atoms with Crippen molar-refractivity contribution in [3.8, 4) is 0 Å². The Morgan fingerprint density at radius 1 is 1.42 bits per heavy atom. The van der Waals surface area contributed by atoms with Gasteiger partial charge in [0.1, 0.15) is 5.00 Å². The van der Waals surface area contributed by atoms with Gasteiger partial charge in [0.2, 0.25) is 5.91 Å². The first-order valence-electron chi connectivity index (χ1n) is 8.35. The van der Waals surface area contributed by atoms with Crippen LogP contribution in [0.15, 0.2) is 9.95 Å². The predicted octanol–water partition coefficient (Wildman–Crippen LogP) is 2.05. The number of carbonyl (C=O) groups is 2. The van der Waals surface area contributed by atoms with Crippen molar-refractivity contribution in [1.29, 1.82) is 0 Å². The Kier molecular flexibility index (Phi) is 5.82. The molecule has 1 aliphatic rings. The van der Waals surface area contributed by atoms with E-state index in [4.69, 9.17) is 4.74 Å². The fraction of sp³-hybridized carbons (Fsp3) is 0.500. The Morgan fingerprint density at radius 2 is 2.23 bits per heavy atom. The van der Waals surface area contributed by atoms with Crippen LogP contribution in [-0.2, 0) is 28.9 Å². The Hall–Kier alpha value is -2.07. The van der Waals surface area contributed by atoms with E-state index >= 15 is 0 Å². The number of ether oxygens (including phenoxy) is 1. The number of methoxy groups -OCH3 is 1. The van der Waals surface area contributed by atoms with Crippen molar-refractivity contribution in [2.24, 2.45) is 0 Å². The van der Waals surface area contributed by atoms with Crippen molar-refractivity contribution >= 4 is 40.0 Å². The van der Waals surface area contributed by atoms with Crippen LogP contribution in [0.3, 0.4) is 0 Å². The molecule has 0 fully saturated rings. The highest BCUT2D eigenvalue weighted by atomic mass is 32.2. The van der Waals surface area contributed by atoms with E-state index in [0.29, 0.717) is 22.3 Å². The van der Waals surface area contributed by atoms with Gasteiger partial charge in [-0.05, 0) is 31.2 Å².